The van der Waals surface area contributed by atoms with Gasteiger partial charge in [0.05, 0.1) is 11.1 Å². The lowest BCUT2D eigenvalue weighted by atomic mass is 10.1. The Morgan fingerprint density at radius 2 is 1.90 bits per heavy atom. The molecule has 1 aliphatic rings. The van der Waals surface area contributed by atoms with E-state index in [1.54, 1.807) is 49.5 Å². The molecular weight excluding hydrogens is 374 g/mol. The van der Waals surface area contributed by atoms with E-state index >= 15 is 0 Å². The van der Waals surface area contributed by atoms with Crippen molar-refractivity contribution in [3.63, 3.8) is 0 Å². The first-order valence-corrected chi connectivity index (χ1v) is 9.27. The van der Waals surface area contributed by atoms with Crippen LogP contribution in [0.1, 0.15) is 23.7 Å². The average Bonchev–Trinajstić information content (AvgIpc) is 2.76. The number of rotatable bonds is 5. The second kappa shape index (κ2) is 8.14. The van der Waals surface area contributed by atoms with Crippen molar-refractivity contribution in [3.8, 4) is 11.5 Å². The number of carbonyl (C=O) groups is 2. The Morgan fingerprint density at radius 3 is 2.72 bits per heavy atom. The normalized spacial score (nSPS) is 13.6. The molecule has 148 valence electrons. The van der Waals surface area contributed by atoms with Crippen LogP contribution < -0.4 is 14.8 Å². The molecule has 0 fully saturated rings. The van der Waals surface area contributed by atoms with Crippen LogP contribution in [0.5, 0.6) is 11.5 Å². The molecule has 29 heavy (non-hydrogen) atoms. The minimum absolute atomic E-state index is 0.265. The molecule has 1 aromatic heterocycles. The van der Waals surface area contributed by atoms with Gasteiger partial charge in [-0.15, -0.1) is 0 Å². The van der Waals surface area contributed by atoms with Crippen LogP contribution in [-0.2, 0) is 9.53 Å². The Bertz CT molecular complexity index is 1060. The average molecular weight is 393 g/mol. The van der Waals surface area contributed by atoms with Crippen LogP contribution in [0, 0.1) is 0 Å². The predicted octanol–water partition coefficient (Wildman–Crippen LogP) is 2.98. The Balaban J connectivity index is 1.48. The topological polar surface area (TPSA) is 99.6 Å². The number of ether oxygens (including phenoxy) is 3. The number of hydrogen-bond acceptors (Lipinski definition) is 7. The molecule has 2 aromatic carbocycles. The summed E-state index contributed by atoms with van der Waals surface area (Å²) in [4.78, 5) is 33.7. The zero-order chi connectivity index (χ0) is 20.2. The highest BCUT2D eigenvalue weighted by Gasteiger charge is 2.24. The van der Waals surface area contributed by atoms with E-state index < -0.39 is 18.0 Å². The number of hydrogen-bond donors (Lipinski definition) is 1. The highest BCUT2D eigenvalue weighted by molar-refractivity contribution is 6.03. The first-order chi connectivity index (χ1) is 14.2. The summed E-state index contributed by atoms with van der Waals surface area (Å²) < 4.78 is 16.5. The highest BCUT2D eigenvalue weighted by atomic mass is 16.6. The van der Waals surface area contributed by atoms with E-state index in [1.165, 1.54) is 6.20 Å². The van der Waals surface area contributed by atoms with Gasteiger partial charge >= 0.3 is 5.97 Å². The molecule has 4 rings (SSSR count). The number of para-hydroxylation sites is 1. The van der Waals surface area contributed by atoms with Gasteiger partial charge in [-0.05, 0) is 30.7 Å². The van der Waals surface area contributed by atoms with Gasteiger partial charge < -0.3 is 19.5 Å². The fourth-order valence-electron chi connectivity index (χ4n) is 3.02. The molecule has 3 aromatic rings. The van der Waals surface area contributed by atoms with E-state index in [0.717, 1.165) is 0 Å². The highest BCUT2D eigenvalue weighted by Crippen LogP contribution is 2.32. The first-order valence-electron chi connectivity index (χ1n) is 9.27. The minimum atomic E-state index is -0.956. The van der Waals surface area contributed by atoms with Crippen LogP contribution >= 0.6 is 0 Å². The van der Waals surface area contributed by atoms with Crippen LogP contribution in [0.15, 0.2) is 48.8 Å². The van der Waals surface area contributed by atoms with Gasteiger partial charge in [0, 0.05) is 24.1 Å². The summed E-state index contributed by atoms with van der Waals surface area (Å²) in [5.74, 6) is 0.141. The molecule has 0 radical (unpaired) electrons. The molecule has 8 heteroatoms. The third-order valence-electron chi connectivity index (χ3n) is 4.44. The van der Waals surface area contributed by atoms with Crippen LogP contribution in [0.4, 0.5) is 5.69 Å². The molecule has 0 aliphatic carbocycles. The monoisotopic (exact) mass is 393 g/mol. The second-order valence-electron chi connectivity index (χ2n) is 6.38. The molecule has 0 saturated heterocycles. The fourth-order valence-corrected chi connectivity index (χ4v) is 3.02. The smallest absolute Gasteiger partial charge is 0.341 e. The third kappa shape index (κ3) is 3.96. The number of aromatic nitrogens is 2. The van der Waals surface area contributed by atoms with Crippen molar-refractivity contribution in [3.05, 3.63) is 54.4 Å². The SMILES string of the molecule is CCC(OC(=O)c1cccc2nccnc12)C(=O)Nc1ccc2c(c1)OCCO2. The second-order valence-corrected chi connectivity index (χ2v) is 6.38. The van der Waals surface area contributed by atoms with Crippen LogP contribution in [0.2, 0.25) is 0 Å². The van der Waals surface area contributed by atoms with Crippen molar-refractivity contribution in [2.24, 2.45) is 0 Å². The van der Waals surface area contributed by atoms with E-state index in [9.17, 15) is 9.59 Å². The number of nitrogens with one attached hydrogen (secondary N) is 1. The molecule has 0 spiro atoms. The Morgan fingerprint density at radius 1 is 1.10 bits per heavy atom. The van der Waals surface area contributed by atoms with Crippen molar-refractivity contribution in [2.75, 3.05) is 18.5 Å². The largest absolute Gasteiger partial charge is 0.486 e. The summed E-state index contributed by atoms with van der Waals surface area (Å²) >= 11 is 0. The molecular formula is C21H19N3O5. The summed E-state index contributed by atoms with van der Waals surface area (Å²) in [5, 5.41) is 2.76. The molecule has 1 N–H and O–H groups in total. The number of amides is 1. The van der Waals surface area contributed by atoms with Gasteiger partial charge in [0.2, 0.25) is 0 Å². The number of benzene rings is 2. The fraction of sp³-hybridized carbons (Fsp3) is 0.238. The maximum atomic E-state index is 12.7. The van der Waals surface area contributed by atoms with Gasteiger partial charge in [0.15, 0.2) is 17.6 Å². The van der Waals surface area contributed by atoms with Crippen LogP contribution in [-0.4, -0.2) is 41.2 Å². The quantitative estimate of drug-likeness (QED) is 0.665. The number of anilines is 1. The standard InChI is InChI=1S/C21H19N3O5/c1-2-16(20(25)24-13-6-7-17-18(12-13)28-11-10-27-17)29-21(26)14-4-3-5-15-19(14)23-9-8-22-15/h3-9,12,16H,2,10-11H2,1H3,(H,24,25). The third-order valence-corrected chi connectivity index (χ3v) is 4.44. The molecule has 2 heterocycles. The zero-order valence-corrected chi connectivity index (χ0v) is 15.8. The molecule has 1 unspecified atom stereocenters. The summed E-state index contributed by atoms with van der Waals surface area (Å²) in [6.07, 6.45) is 2.42. The molecule has 8 nitrogen and oxygen atoms in total. The molecule has 1 aliphatic heterocycles. The Hall–Kier alpha value is -3.68. The van der Waals surface area contributed by atoms with E-state index in [0.29, 0.717) is 47.9 Å². The van der Waals surface area contributed by atoms with E-state index in [-0.39, 0.29) is 5.56 Å². The van der Waals surface area contributed by atoms with Gasteiger partial charge in [-0.1, -0.05) is 13.0 Å². The summed E-state index contributed by atoms with van der Waals surface area (Å²) in [6.45, 7) is 2.71. The first kappa shape index (κ1) is 18.7. The van der Waals surface area contributed by atoms with E-state index in [2.05, 4.69) is 15.3 Å². The molecule has 1 atom stereocenters. The van der Waals surface area contributed by atoms with Crippen LogP contribution in [0.25, 0.3) is 11.0 Å². The van der Waals surface area contributed by atoms with Crippen LogP contribution in [0.3, 0.4) is 0 Å². The summed E-state index contributed by atoms with van der Waals surface area (Å²) in [6, 6.07) is 10.2. The van der Waals surface area contributed by atoms with Crippen molar-refractivity contribution < 1.29 is 23.8 Å². The van der Waals surface area contributed by atoms with Gasteiger partial charge in [0.25, 0.3) is 5.91 Å². The number of nitrogens with zero attached hydrogens (tertiary/aromatic N) is 2. The molecule has 0 bridgehead atoms. The summed E-state index contributed by atoms with van der Waals surface area (Å²) in [5.41, 5.74) is 1.81. The van der Waals surface area contributed by atoms with E-state index in [4.69, 9.17) is 14.2 Å². The Kier molecular flexibility index (Phi) is 5.24. The molecule has 1 amide bonds. The van der Waals surface area contributed by atoms with Crippen molar-refractivity contribution >= 4 is 28.6 Å². The lowest BCUT2D eigenvalue weighted by Gasteiger charge is -2.20. The Labute approximate surface area is 166 Å². The lowest BCUT2D eigenvalue weighted by Crippen LogP contribution is -2.32. The van der Waals surface area contributed by atoms with Gasteiger partial charge in [-0.3, -0.25) is 14.8 Å². The minimum Gasteiger partial charge on any atom is -0.486 e. The van der Waals surface area contributed by atoms with Gasteiger partial charge in [-0.2, -0.15) is 0 Å². The maximum absolute atomic E-state index is 12.7. The van der Waals surface area contributed by atoms with E-state index in [1.807, 2.05) is 0 Å². The molecule has 0 saturated carbocycles. The lowest BCUT2D eigenvalue weighted by molar-refractivity contribution is -0.124. The van der Waals surface area contributed by atoms with Crippen molar-refractivity contribution in [1.82, 2.24) is 9.97 Å². The van der Waals surface area contributed by atoms with Crippen molar-refractivity contribution in [2.45, 2.75) is 19.4 Å². The van der Waals surface area contributed by atoms with Gasteiger partial charge in [-0.25, -0.2) is 4.79 Å². The number of fused-ring (bicyclic) bond motifs is 2. The predicted molar refractivity (Wildman–Crippen MR) is 105 cm³/mol. The van der Waals surface area contributed by atoms with Gasteiger partial charge in [0.1, 0.15) is 18.7 Å². The summed E-state index contributed by atoms with van der Waals surface area (Å²) in [7, 11) is 0. The number of carbonyl (C=O) groups excluding carboxylic acids is 2. The van der Waals surface area contributed by atoms with Crippen molar-refractivity contribution in [1.29, 1.82) is 0 Å². The maximum Gasteiger partial charge on any atom is 0.341 e. The zero-order valence-electron chi connectivity index (χ0n) is 15.8. The number of esters is 1.